The summed E-state index contributed by atoms with van der Waals surface area (Å²) in [6.07, 6.45) is 0.317. The minimum atomic E-state index is -0.817. The fraction of sp³-hybridized carbons (Fsp3) is 0.105. The van der Waals surface area contributed by atoms with Crippen LogP contribution >= 0.6 is 11.6 Å². The van der Waals surface area contributed by atoms with Gasteiger partial charge in [0.15, 0.2) is 0 Å². The predicted octanol–water partition coefficient (Wildman–Crippen LogP) is 2.56. The molecule has 1 aromatic heterocycles. The molecule has 7 heteroatoms. The van der Waals surface area contributed by atoms with Gasteiger partial charge in [-0.2, -0.15) is 5.10 Å². The van der Waals surface area contributed by atoms with Gasteiger partial charge in [-0.1, -0.05) is 54.1 Å². The van der Waals surface area contributed by atoms with Gasteiger partial charge in [-0.25, -0.2) is 0 Å². The van der Waals surface area contributed by atoms with Crippen molar-refractivity contribution in [2.45, 2.75) is 12.5 Å². The number of hydrogen-bond acceptors (Lipinski definition) is 3. The highest BCUT2D eigenvalue weighted by atomic mass is 35.5. The van der Waals surface area contributed by atoms with Gasteiger partial charge in [0.2, 0.25) is 5.91 Å². The fourth-order valence-corrected chi connectivity index (χ4v) is 2.73. The van der Waals surface area contributed by atoms with E-state index in [2.05, 4.69) is 15.5 Å². The van der Waals surface area contributed by atoms with E-state index in [1.807, 2.05) is 36.4 Å². The van der Waals surface area contributed by atoms with Crippen LogP contribution in [0.4, 0.5) is 0 Å². The van der Waals surface area contributed by atoms with Crippen molar-refractivity contribution in [2.75, 3.05) is 0 Å². The van der Waals surface area contributed by atoms with Crippen molar-refractivity contribution in [1.29, 1.82) is 0 Å². The van der Waals surface area contributed by atoms with Gasteiger partial charge in [0, 0.05) is 17.0 Å². The molecule has 0 fully saturated rings. The van der Waals surface area contributed by atoms with E-state index in [0.717, 1.165) is 11.1 Å². The Morgan fingerprint density at radius 1 is 1.12 bits per heavy atom. The van der Waals surface area contributed by atoms with Crippen molar-refractivity contribution in [3.63, 3.8) is 0 Å². The Kier molecular flexibility index (Phi) is 5.34. The molecule has 2 amide bonds. The SMILES string of the molecule is NC(=O)C(Cc1ccccc1)NC(=O)c1cc(-c2cccc(Cl)c2)n[nH]1. The first-order valence-corrected chi connectivity index (χ1v) is 8.36. The summed E-state index contributed by atoms with van der Waals surface area (Å²) >= 11 is 5.98. The largest absolute Gasteiger partial charge is 0.368 e. The molecule has 132 valence electrons. The Morgan fingerprint density at radius 2 is 1.88 bits per heavy atom. The summed E-state index contributed by atoms with van der Waals surface area (Å²) in [5.74, 6) is -1.05. The Labute approximate surface area is 155 Å². The van der Waals surface area contributed by atoms with Gasteiger partial charge >= 0.3 is 0 Å². The van der Waals surface area contributed by atoms with Crippen molar-refractivity contribution in [2.24, 2.45) is 5.73 Å². The summed E-state index contributed by atoms with van der Waals surface area (Å²) in [7, 11) is 0. The van der Waals surface area contributed by atoms with Gasteiger partial charge in [-0.15, -0.1) is 0 Å². The number of nitrogens with one attached hydrogen (secondary N) is 2. The van der Waals surface area contributed by atoms with Crippen LogP contribution in [-0.2, 0) is 11.2 Å². The zero-order valence-electron chi connectivity index (χ0n) is 13.8. The molecule has 2 aromatic carbocycles. The number of H-pyrrole nitrogens is 1. The van der Waals surface area contributed by atoms with Crippen LogP contribution in [0.3, 0.4) is 0 Å². The number of aromatic amines is 1. The Morgan fingerprint density at radius 3 is 2.58 bits per heavy atom. The maximum atomic E-state index is 12.4. The van der Waals surface area contributed by atoms with Crippen LogP contribution in [0.25, 0.3) is 11.3 Å². The van der Waals surface area contributed by atoms with Gasteiger partial charge in [-0.05, 0) is 23.8 Å². The highest BCUT2D eigenvalue weighted by Crippen LogP contribution is 2.21. The van der Waals surface area contributed by atoms with E-state index in [4.69, 9.17) is 17.3 Å². The number of amides is 2. The molecule has 3 rings (SSSR count). The number of nitrogens with zero attached hydrogens (tertiary/aromatic N) is 1. The number of aromatic nitrogens is 2. The molecule has 0 aliphatic heterocycles. The minimum Gasteiger partial charge on any atom is -0.368 e. The molecule has 0 aliphatic carbocycles. The predicted molar refractivity (Wildman–Crippen MR) is 99.6 cm³/mol. The van der Waals surface area contributed by atoms with Crippen LogP contribution in [0.15, 0.2) is 60.7 Å². The van der Waals surface area contributed by atoms with Gasteiger partial charge < -0.3 is 11.1 Å². The second-order valence-electron chi connectivity index (χ2n) is 5.80. The number of hydrogen-bond donors (Lipinski definition) is 3. The number of nitrogens with two attached hydrogens (primary N) is 1. The van der Waals surface area contributed by atoms with Crippen molar-refractivity contribution in [3.05, 3.63) is 76.9 Å². The molecule has 1 heterocycles. The lowest BCUT2D eigenvalue weighted by molar-refractivity contribution is -0.119. The molecule has 6 nitrogen and oxygen atoms in total. The molecular weight excluding hydrogens is 352 g/mol. The van der Waals surface area contributed by atoms with E-state index < -0.39 is 17.9 Å². The van der Waals surface area contributed by atoms with Crippen LogP contribution in [0.5, 0.6) is 0 Å². The van der Waals surface area contributed by atoms with Crippen molar-refractivity contribution in [3.8, 4) is 11.3 Å². The average Bonchev–Trinajstić information content (AvgIpc) is 3.12. The van der Waals surface area contributed by atoms with Crippen LogP contribution < -0.4 is 11.1 Å². The van der Waals surface area contributed by atoms with Gasteiger partial charge in [0.1, 0.15) is 11.7 Å². The first kappa shape index (κ1) is 17.7. The maximum absolute atomic E-state index is 12.4. The lowest BCUT2D eigenvalue weighted by Gasteiger charge is -2.14. The number of benzene rings is 2. The first-order chi connectivity index (χ1) is 12.5. The number of primary amides is 1. The maximum Gasteiger partial charge on any atom is 0.269 e. The Hall–Kier alpha value is -3.12. The number of carbonyl (C=O) groups is 2. The van der Waals surface area contributed by atoms with E-state index in [1.165, 1.54) is 0 Å². The van der Waals surface area contributed by atoms with Crippen LogP contribution in [0, 0.1) is 0 Å². The minimum absolute atomic E-state index is 0.235. The molecule has 1 atom stereocenters. The summed E-state index contributed by atoms with van der Waals surface area (Å²) in [6.45, 7) is 0. The third-order valence-electron chi connectivity index (χ3n) is 3.87. The van der Waals surface area contributed by atoms with E-state index in [9.17, 15) is 9.59 Å². The van der Waals surface area contributed by atoms with E-state index >= 15 is 0 Å². The summed E-state index contributed by atoms with van der Waals surface area (Å²) < 4.78 is 0. The first-order valence-electron chi connectivity index (χ1n) is 7.98. The van der Waals surface area contributed by atoms with E-state index in [1.54, 1.807) is 24.3 Å². The monoisotopic (exact) mass is 368 g/mol. The van der Waals surface area contributed by atoms with Crippen molar-refractivity contribution >= 4 is 23.4 Å². The van der Waals surface area contributed by atoms with Gasteiger partial charge in [0.05, 0.1) is 5.69 Å². The van der Waals surface area contributed by atoms with E-state index in [-0.39, 0.29) is 5.69 Å². The smallest absolute Gasteiger partial charge is 0.269 e. The van der Waals surface area contributed by atoms with Crippen molar-refractivity contribution in [1.82, 2.24) is 15.5 Å². The highest BCUT2D eigenvalue weighted by molar-refractivity contribution is 6.30. The van der Waals surface area contributed by atoms with Crippen molar-refractivity contribution < 1.29 is 9.59 Å². The molecule has 0 spiro atoms. The van der Waals surface area contributed by atoms with Crippen LogP contribution in [-0.4, -0.2) is 28.1 Å². The zero-order valence-corrected chi connectivity index (χ0v) is 14.5. The molecule has 0 aliphatic rings. The second-order valence-corrected chi connectivity index (χ2v) is 6.23. The normalized spacial score (nSPS) is 11.7. The van der Waals surface area contributed by atoms with Gasteiger partial charge in [0.25, 0.3) is 5.91 Å². The zero-order chi connectivity index (χ0) is 18.5. The molecule has 0 radical (unpaired) electrons. The fourth-order valence-electron chi connectivity index (χ4n) is 2.54. The van der Waals surface area contributed by atoms with Crippen LogP contribution in [0.2, 0.25) is 5.02 Å². The summed E-state index contributed by atoms with van der Waals surface area (Å²) in [6, 6.07) is 17.3. The number of rotatable bonds is 6. The third kappa shape index (κ3) is 4.29. The average molecular weight is 369 g/mol. The summed E-state index contributed by atoms with van der Waals surface area (Å²) in [5.41, 5.74) is 7.93. The molecule has 26 heavy (non-hydrogen) atoms. The molecule has 1 unspecified atom stereocenters. The quantitative estimate of drug-likeness (QED) is 0.623. The standard InChI is InChI=1S/C19H17ClN4O2/c20-14-8-4-7-13(10-14)15-11-17(24-23-15)19(26)22-16(18(21)25)9-12-5-2-1-3-6-12/h1-8,10-11,16H,9H2,(H2,21,25)(H,22,26)(H,23,24). The van der Waals surface area contributed by atoms with Crippen LogP contribution in [0.1, 0.15) is 16.1 Å². The highest BCUT2D eigenvalue weighted by Gasteiger charge is 2.21. The van der Waals surface area contributed by atoms with Gasteiger partial charge in [-0.3, -0.25) is 14.7 Å². The lowest BCUT2D eigenvalue weighted by atomic mass is 10.1. The molecule has 0 saturated heterocycles. The summed E-state index contributed by atoms with van der Waals surface area (Å²) in [5, 5.41) is 10.0. The Balaban J connectivity index is 1.73. The summed E-state index contributed by atoms with van der Waals surface area (Å²) in [4.78, 5) is 24.1. The molecular formula is C19H17ClN4O2. The third-order valence-corrected chi connectivity index (χ3v) is 4.11. The van der Waals surface area contributed by atoms with E-state index in [0.29, 0.717) is 17.1 Å². The molecule has 0 saturated carbocycles. The molecule has 4 N–H and O–H groups in total. The lowest BCUT2D eigenvalue weighted by Crippen LogP contribution is -2.46. The topological polar surface area (TPSA) is 101 Å². The second kappa shape index (κ2) is 7.84. The number of carbonyl (C=O) groups excluding carboxylic acids is 2. The molecule has 3 aromatic rings. The molecule has 0 bridgehead atoms. The number of halogens is 1. The Bertz CT molecular complexity index is 924.